The monoisotopic (exact) mass is 354 g/mol. The molecule has 0 unspecified atom stereocenters. The molecule has 4 nitrogen and oxygen atoms in total. The zero-order valence-corrected chi connectivity index (χ0v) is 16.3. The van der Waals surface area contributed by atoms with Crippen molar-refractivity contribution in [3.63, 3.8) is 0 Å². The number of fused-ring (bicyclic) bond motifs is 2. The van der Waals surface area contributed by atoms with Gasteiger partial charge in [-0.25, -0.2) is 0 Å². The maximum absolute atomic E-state index is 4.94. The Kier molecular flexibility index (Phi) is 5.76. The summed E-state index contributed by atoms with van der Waals surface area (Å²) in [6.45, 7) is 12.5. The Bertz CT molecular complexity index is 852. The van der Waals surface area contributed by atoms with E-state index in [4.69, 9.17) is 5.10 Å². The van der Waals surface area contributed by atoms with Crippen molar-refractivity contribution in [2.24, 2.45) is 0 Å². The SMILES string of the molecule is CC.CCN(CC)CCn1nc2c3c(cccc31)Sc1ccncc1-2. The van der Waals surface area contributed by atoms with E-state index in [0.717, 1.165) is 37.4 Å². The Balaban J connectivity index is 0.000000880. The normalized spacial score (nSPS) is 12.0. The van der Waals surface area contributed by atoms with E-state index in [1.165, 1.54) is 20.7 Å². The number of pyridine rings is 1. The molecule has 0 bridgehead atoms. The van der Waals surface area contributed by atoms with Crippen LogP contribution in [0.3, 0.4) is 0 Å². The lowest BCUT2D eigenvalue weighted by atomic mass is 10.1. The van der Waals surface area contributed by atoms with Crippen molar-refractivity contribution >= 4 is 22.7 Å². The van der Waals surface area contributed by atoms with Crippen molar-refractivity contribution < 1.29 is 0 Å². The number of benzene rings is 1. The van der Waals surface area contributed by atoms with Crippen molar-refractivity contribution in [2.45, 2.75) is 44.0 Å². The molecule has 5 heteroatoms. The second-order valence-electron chi connectivity index (χ2n) is 5.72. The number of hydrogen-bond acceptors (Lipinski definition) is 4. The summed E-state index contributed by atoms with van der Waals surface area (Å²) in [6.07, 6.45) is 3.79. The largest absolute Gasteiger partial charge is 0.302 e. The minimum Gasteiger partial charge on any atom is -0.302 e. The Morgan fingerprint density at radius 1 is 1.08 bits per heavy atom. The Hall–Kier alpha value is -1.85. The number of hydrogen-bond donors (Lipinski definition) is 0. The van der Waals surface area contributed by atoms with Crippen molar-refractivity contribution in [2.75, 3.05) is 19.6 Å². The van der Waals surface area contributed by atoms with Crippen LogP contribution in [0.15, 0.2) is 46.5 Å². The third-order valence-corrected chi connectivity index (χ3v) is 5.65. The number of nitrogens with zero attached hydrogens (tertiary/aromatic N) is 4. The van der Waals surface area contributed by atoms with Gasteiger partial charge in [0.25, 0.3) is 0 Å². The summed E-state index contributed by atoms with van der Waals surface area (Å²) in [5.74, 6) is 0. The van der Waals surface area contributed by atoms with Gasteiger partial charge in [-0.05, 0) is 31.3 Å². The molecular formula is C20H26N4S. The molecule has 1 aliphatic heterocycles. The van der Waals surface area contributed by atoms with Crippen LogP contribution in [0.5, 0.6) is 0 Å². The molecule has 0 saturated carbocycles. The second-order valence-corrected chi connectivity index (χ2v) is 6.81. The molecule has 0 radical (unpaired) electrons. The van der Waals surface area contributed by atoms with E-state index in [2.05, 4.69) is 52.7 Å². The summed E-state index contributed by atoms with van der Waals surface area (Å²) in [5.41, 5.74) is 3.46. The van der Waals surface area contributed by atoms with Gasteiger partial charge in [-0.15, -0.1) is 0 Å². The lowest BCUT2D eigenvalue weighted by Gasteiger charge is -2.17. The number of aromatic nitrogens is 3. The fraction of sp³-hybridized carbons (Fsp3) is 0.400. The molecule has 0 fully saturated rings. The van der Waals surface area contributed by atoms with Gasteiger partial charge in [-0.2, -0.15) is 5.10 Å². The quantitative estimate of drug-likeness (QED) is 0.509. The highest BCUT2D eigenvalue weighted by molar-refractivity contribution is 7.99. The van der Waals surface area contributed by atoms with Crippen LogP contribution < -0.4 is 0 Å². The Morgan fingerprint density at radius 3 is 2.64 bits per heavy atom. The molecule has 3 heterocycles. The van der Waals surface area contributed by atoms with Gasteiger partial charge >= 0.3 is 0 Å². The van der Waals surface area contributed by atoms with Crippen LogP contribution in [0.4, 0.5) is 0 Å². The minimum absolute atomic E-state index is 0.919. The Morgan fingerprint density at radius 2 is 1.88 bits per heavy atom. The van der Waals surface area contributed by atoms with Gasteiger partial charge in [0.2, 0.25) is 0 Å². The average Bonchev–Trinajstić information content (AvgIpc) is 3.05. The molecule has 132 valence electrons. The summed E-state index contributed by atoms with van der Waals surface area (Å²) in [7, 11) is 0. The first-order valence-electron chi connectivity index (χ1n) is 9.16. The summed E-state index contributed by atoms with van der Waals surface area (Å²) >= 11 is 1.82. The molecular weight excluding hydrogens is 328 g/mol. The number of likely N-dealkylation sites (N-methyl/N-ethyl adjacent to an activating group) is 1. The molecule has 0 aliphatic carbocycles. The van der Waals surface area contributed by atoms with E-state index < -0.39 is 0 Å². The van der Waals surface area contributed by atoms with Crippen molar-refractivity contribution in [1.29, 1.82) is 0 Å². The van der Waals surface area contributed by atoms with Gasteiger partial charge in [0, 0.05) is 39.7 Å². The topological polar surface area (TPSA) is 34.0 Å². The predicted octanol–water partition coefficient (Wildman–Crippen LogP) is 4.93. The van der Waals surface area contributed by atoms with Crippen LogP contribution in [-0.2, 0) is 6.54 Å². The first-order valence-corrected chi connectivity index (χ1v) is 9.97. The van der Waals surface area contributed by atoms with Gasteiger partial charge in [0.15, 0.2) is 0 Å². The van der Waals surface area contributed by atoms with Crippen LogP contribution in [0, 0.1) is 0 Å². The van der Waals surface area contributed by atoms with E-state index in [1.54, 1.807) is 0 Å². The third-order valence-electron chi connectivity index (χ3n) is 4.52. The summed E-state index contributed by atoms with van der Waals surface area (Å²) in [5, 5.41) is 6.21. The smallest absolute Gasteiger partial charge is 0.104 e. The molecule has 0 spiro atoms. The maximum atomic E-state index is 4.94. The predicted molar refractivity (Wildman–Crippen MR) is 106 cm³/mol. The van der Waals surface area contributed by atoms with Crippen LogP contribution in [0.1, 0.15) is 27.7 Å². The van der Waals surface area contributed by atoms with Crippen LogP contribution in [0.25, 0.3) is 22.2 Å². The first kappa shape index (κ1) is 18.0. The van der Waals surface area contributed by atoms with Gasteiger partial charge in [0.1, 0.15) is 5.69 Å². The summed E-state index contributed by atoms with van der Waals surface area (Å²) in [6, 6.07) is 8.59. The van der Waals surface area contributed by atoms with E-state index in [1.807, 2.05) is 38.0 Å². The molecule has 4 rings (SSSR count). The van der Waals surface area contributed by atoms with Crippen LogP contribution >= 0.6 is 11.8 Å². The molecule has 0 N–H and O–H groups in total. The van der Waals surface area contributed by atoms with Gasteiger partial charge in [-0.3, -0.25) is 9.67 Å². The summed E-state index contributed by atoms with van der Waals surface area (Å²) in [4.78, 5) is 9.27. The molecule has 0 atom stereocenters. The van der Waals surface area contributed by atoms with Gasteiger partial charge in [0.05, 0.1) is 12.1 Å². The molecule has 25 heavy (non-hydrogen) atoms. The zero-order valence-electron chi connectivity index (χ0n) is 15.5. The minimum atomic E-state index is 0.919. The van der Waals surface area contributed by atoms with Crippen LogP contribution in [0.2, 0.25) is 0 Å². The first-order chi connectivity index (χ1) is 12.3. The highest BCUT2D eigenvalue weighted by Gasteiger charge is 2.23. The van der Waals surface area contributed by atoms with Gasteiger partial charge < -0.3 is 4.90 Å². The molecule has 1 aliphatic rings. The fourth-order valence-electron chi connectivity index (χ4n) is 3.18. The maximum Gasteiger partial charge on any atom is 0.104 e. The zero-order chi connectivity index (χ0) is 17.8. The van der Waals surface area contributed by atoms with Crippen molar-refractivity contribution in [1.82, 2.24) is 19.7 Å². The van der Waals surface area contributed by atoms with Crippen LogP contribution in [-0.4, -0.2) is 39.3 Å². The number of rotatable bonds is 5. The molecule has 2 aromatic heterocycles. The third kappa shape index (κ3) is 3.31. The fourth-order valence-corrected chi connectivity index (χ4v) is 4.26. The van der Waals surface area contributed by atoms with Crippen molar-refractivity contribution in [3.8, 4) is 11.3 Å². The Labute approximate surface area is 154 Å². The standard InChI is InChI=1S/C18H20N4S.C2H6/c1-3-21(4-2)10-11-22-14-6-5-7-16-17(14)18(20-22)13-12-19-9-8-15(13)23-16;1-2/h5-9,12H,3-4,10-11H2,1-2H3;1-2H3. The highest BCUT2D eigenvalue weighted by atomic mass is 32.2. The van der Waals surface area contributed by atoms with E-state index in [9.17, 15) is 0 Å². The lowest BCUT2D eigenvalue weighted by Crippen LogP contribution is -2.27. The van der Waals surface area contributed by atoms with E-state index in [0.29, 0.717) is 0 Å². The second kappa shape index (κ2) is 8.02. The van der Waals surface area contributed by atoms with E-state index >= 15 is 0 Å². The molecule has 0 amide bonds. The lowest BCUT2D eigenvalue weighted by molar-refractivity contribution is 0.287. The van der Waals surface area contributed by atoms with Crippen molar-refractivity contribution in [3.05, 3.63) is 36.7 Å². The molecule has 3 aromatic rings. The average molecular weight is 355 g/mol. The van der Waals surface area contributed by atoms with Gasteiger partial charge in [-0.1, -0.05) is 45.5 Å². The summed E-state index contributed by atoms with van der Waals surface area (Å²) < 4.78 is 2.16. The van der Waals surface area contributed by atoms with E-state index in [-0.39, 0.29) is 0 Å². The highest BCUT2D eigenvalue weighted by Crippen LogP contribution is 2.46. The molecule has 1 aromatic carbocycles. The molecule has 0 saturated heterocycles.